The van der Waals surface area contributed by atoms with E-state index >= 15 is 0 Å². The zero-order valence-corrected chi connectivity index (χ0v) is 38.7. The van der Waals surface area contributed by atoms with Gasteiger partial charge in [0.2, 0.25) is 5.91 Å². The lowest BCUT2D eigenvalue weighted by molar-refractivity contribution is -0.870. The summed E-state index contributed by atoms with van der Waals surface area (Å²) in [5.74, 6) is -0.165. The summed E-state index contributed by atoms with van der Waals surface area (Å²) in [5.41, 5.74) is 0. The van der Waals surface area contributed by atoms with Crippen LogP contribution in [0.1, 0.15) is 232 Å². The summed E-state index contributed by atoms with van der Waals surface area (Å²) < 4.78 is 23.3. The summed E-state index contributed by atoms with van der Waals surface area (Å²) in [4.78, 5) is 25.4. The fourth-order valence-corrected chi connectivity index (χ4v) is 7.88. The van der Waals surface area contributed by atoms with Crippen LogP contribution in [-0.2, 0) is 18.4 Å². The predicted molar refractivity (Wildman–Crippen MR) is 238 cm³/mol. The van der Waals surface area contributed by atoms with Crippen LogP contribution in [0.4, 0.5) is 0 Å². The molecule has 2 N–H and O–H groups in total. The zero-order chi connectivity index (χ0) is 41.4. The average Bonchev–Trinajstić information content (AvgIpc) is 3.15. The first-order chi connectivity index (χ1) is 27.0. The highest BCUT2D eigenvalue weighted by Gasteiger charge is 2.24. The lowest BCUT2D eigenvalue weighted by Gasteiger charge is -2.30. The fourth-order valence-electron chi connectivity index (χ4n) is 7.15. The van der Waals surface area contributed by atoms with E-state index < -0.39 is 20.0 Å². The van der Waals surface area contributed by atoms with Gasteiger partial charge in [-0.2, -0.15) is 0 Å². The summed E-state index contributed by atoms with van der Waals surface area (Å²) in [6.07, 6.45) is 45.0. The van der Waals surface area contributed by atoms with Crippen LogP contribution in [0.3, 0.4) is 0 Å². The maximum atomic E-state index is 12.9. The van der Waals surface area contributed by atoms with Gasteiger partial charge >= 0.3 is 0 Å². The van der Waals surface area contributed by atoms with Crippen LogP contribution in [0, 0.1) is 0 Å². The van der Waals surface area contributed by atoms with Gasteiger partial charge in [0.25, 0.3) is 7.82 Å². The Hall–Kier alpha value is -0.760. The van der Waals surface area contributed by atoms with Crippen LogP contribution >= 0.6 is 7.82 Å². The maximum Gasteiger partial charge on any atom is 0.268 e. The van der Waals surface area contributed by atoms with E-state index in [1.165, 1.54) is 167 Å². The first kappa shape index (κ1) is 55.2. The number of likely N-dealkylation sites (N-methyl/N-ethyl adjacent to an activating group) is 1. The fraction of sp³-hybridized carbons (Fsp3) is 0.936. The Bertz CT molecular complexity index is 927. The smallest absolute Gasteiger partial charge is 0.268 e. The minimum atomic E-state index is -4.56. The Morgan fingerprint density at radius 1 is 0.607 bits per heavy atom. The summed E-state index contributed by atoms with van der Waals surface area (Å²) >= 11 is 0. The van der Waals surface area contributed by atoms with Gasteiger partial charge in [0.1, 0.15) is 13.2 Å². The highest BCUT2D eigenvalue weighted by Crippen LogP contribution is 2.38. The van der Waals surface area contributed by atoms with Crippen molar-refractivity contribution in [3.8, 4) is 0 Å². The van der Waals surface area contributed by atoms with Gasteiger partial charge in [-0.25, -0.2) is 0 Å². The molecule has 0 saturated heterocycles. The molecular weight excluding hydrogens is 719 g/mol. The van der Waals surface area contributed by atoms with Crippen molar-refractivity contribution in [2.24, 2.45) is 0 Å². The third kappa shape index (κ3) is 41.4. The van der Waals surface area contributed by atoms with Gasteiger partial charge in [0.05, 0.1) is 39.9 Å². The number of allylic oxidation sites excluding steroid dienone is 2. The van der Waals surface area contributed by atoms with Gasteiger partial charge in [0, 0.05) is 6.42 Å². The number of hydrogen-bond donors (Lipinski definition) is 2. The second-order valence-corrected chi connectivity index (χ2v) is 19.2. The molecule has 0 aliphatic heterocycles. The molecule has 0 aliphatic rings. The number of unbranched alkanes of at least 4 members (excludes halogenated alkanes) is 29. The predicted octanol–water partition coefficient (Wildman–Crippen LogP) is 12.9. The van der Waals surface area contributed by atoms with E-state index in [4.69, 9.17) is 9.05 Å². The number of rotatable bonds is 44. The summed E-state index contributed by atoms with van der Waals surface area (Å²) in [5, 5.41) is 13.9. The van der Waals surface area contributed by atoms with Crippen molar-refractivity contribution >= 4 is 13.7 Å². The molecule has 0 radical (unpaired) electrons. The summed E-state index contributed by atoms with van der Waals surface area (Å²) in [6.45, 7) is 4.73. The lowest BCUT2D eigenvalue weighted by Crippen LogP contribution is -2.46. The van der Waals surface area contributed by atoms with Crippen LogP contribution in [0.2, 0.25) is 0 Å². The Morgan fingerprint density at radius 2 is 0.982 bits per heavy atom. The number of carbonyl (C=O) groups is 1. The average molecular weight is 815 g/mol. The number of quaternary nitrogens is 1. The molecule has 3 unspecified atom stereocenters. The highest BCUT2D eigenvalue weighted by molar-refractivity contribution is 7.45. The number of carbonyl (C=O) groups excluding carboxylic acids is 1. The molecule has 0 spiro atoms. The number of phosphoric acid groups is 1. The van der Waals surface area contributed by atoms with Crippen molar-refractivity contribution in [2.75, 3.05) is 40.9 Å². The standard InChI is InChI=1S/C47H95N2O6P/c1-6-8-10-12-14-16-18-20-21-22-23-24-25-26-27-29-31-33-35-37-39-41-47(51)48-45(44-55-56(52,53)54-43-42-49(3,4)5)46(50)40-38-36-34-32-30-28-19-17-15-13-11-9-7-2/h22-23,45-46,50H,6-21,24-44H2,1-5H3,(H-,48,51,52,53)/b23-22-. The largest absolute Gasteiger partial charge is 0.756 e. The number of aliphatic hydroxyl groups excluding tert-OH is 1. The molecule has 1 amide bonds. The minimum absolute atomic E-state index is 0.0138. The van der Waals surface area contributed by atoms with Crippen molar-refractivity contribution < 1.29 is 32.9 Å². The van der Waals surface area contributed by atoms with Crippen LogP contribution in [0.5, 0.6) is 0 Å². The Balaban J connectivity index is 4.24. The third-order valence-corrected chi connectivity index (χ3v) is 12.0. The van der Waals surface area contributed by atoms with Crippen LogP contribution < -0.4 is 10.2 Å². The summed E-state index contributed by atoms with van der Waals surface area (Å²) in [7, 11) is 1.31. The van der Waals surface area contributed by atoms with Gasteiger partial charge in [-0.05, 0) is 38.5 Å². The van der Waals surface area contributed by atoms with E-state index in [-0.39, 0.29) is 19.1 Å². The van der Waals surface area contributed by atoms with Crippen LogP contribution in [0.15, 0.2) is 12.2 Å². The molecule has 0 rings (SSSR count). The van der Waals surface area contributed by atoms with E-state index in [0.29, 0.717) is 23.9 Å². The molecule has 0 heterocycles. The summed E-state index contributed by atoms with van der Waals surface area (Å²) in [6, 6.07) is -0.797. The van der Waals surface area contributed by atoms with Crippen LogP contribution in [0.25, 0.3) is 0 Å². The highest BCUT2D eigenvalue weighted by atomic mass is 31.2. The number of aliphatic hydroxyl groups is 1. The van der Waals surface area contributed by atoms with Crippen molar-refractivity contribution in [1.29, 1.82) is 0 Å². The zero-order valence-electron chi connectivity index (χ0n) is 37.9. The van der Waals surface area contributed by atoms with E-state index in [9.17, 15) is 19.4 Å². The molecular formula is C47H95N2O6P. The number of phosphoric ester groups is 1. The number of hydrogen-bond acceptors (Lipinski definition) is 6. The number of amides is 1. The molecule has 0 bridgehead atoms. The Labute approximate surface area is 348 Å². The van der Waals surface area contributed by atoms with Crippen molar-refractivity contribution in [3.63, 3.8) is 0 Å². The molecule has 3 atom stereocenters. The Morgan fingerprint density at radius 3 is 1.39 bits per heavy atom. The maximum absolute atomic E-state index is 12.9. The van der Waals surface area contributed by atoms with Crippen molar-refractivity contribution in [1.82, 2.24) is 5.32 Å². The molecule has 56 heavy (non-hydrogen) atoms. The normalized spacial score (nSPS) is 14.3. The SMILES string of the molecule is CCCCCCCCCC/C=C\CCCCCCCCCCCC(=O)NC(COP(=O)([O-])OCC[N+](C)(C)C)C(O)CCCCCCCCCCCCCCC. The molecule has 0 aromatic heterocycles. The second-order valence-electron chi connectivity index (χ2n) is 17.8. The molecule has 8 nitrogen and oxygen atoms in total. The van der Waals surface area contributed by atoms with E-state index in [1.54, 1.807) is 0 Å². The molecule has 9 heteroatoms. The van der Waals surface area contributed by atoms with Crippen molar-refractivity contribution in [2.45, 2.75) is 244 Å². The third-order valence-electron chi connectivity index (χ3n) is 11.0. The van der Waals surface area contributed by atoms with E-state index in [0.717, 1.165) is 38.5 Å². The second kappa shape index (κ2) is 39.7. The van der Waals surface area contributed by atoms with Gasteiger partial charge in [0.15, 0.2) is 0 Å². The first-order valence-electron chi connectivity index (χ1n) is 24.0. The van der Waals surface area contributed by atoms with E-state index in [1.807, 2.05) is 21.1 Å². The molecule has 334 valence electrons. The van der Waals surface area contributed by atoms with E-state index in [2.05, 4.69) is 31.3 Å². The topological polar surface area (TPSA) is 108 Å². The molecule has 0 aromatic rings. The Kier molecular flexibility index (Phi) is 39.1. The number of nitrogens with zero attached hydrogens (tertiary/aromatic N) is 1. The van der Waals surface area contributed by atoms with Crippen LogP contribution in [-0.4, -0.2) is 68.5 Å². The quantitative estimate of drug-likeness (QED) is 0.0274. The first-order valence-corrected chi connectivity index (χ1v) is 25.5. The lowest BCUT2D eigenvalue weighted by atomic mass is 10.0. The van der Waals surface area contributed by atoms with Gasteiger partial charge in [-0.3, -0.25) is 9.36 Å². The molecule has 0 aliphatic carbocycles. The van der Waals surface area contributed by atoms with Gasteiger partial charge < -0.3 is 28.8 Å². The molecule has 0 saturated carbocycles. The molecule has 0 fully saturated rings. The molecule has 0 aromatic carbocycles. The monoisotopic (exact) mass is 815 g/mol. The van der Waals surface area contributed by atoms with Gasteiger partial charge in [-0.1, -0.05) is 199 Å². The minimum Gasteiger partial charge on any atom is -0.756 e. The van der Waals surface area contributed by atoms with Gasteiger partial charge in [-0.15, -0.1) is 0 Å². The number of nitrogens with one attached hydrogen (secondary N) is 1. The van der Waals surface area contributed by atoms with Crippen molar-refractivity contribution in [3.05, 3.63) is 12.2 Å².